The zero-order valence-electron chi connectivity index (χ0n) is 15.8. The summed E-state index contributed by atoms with van der Waals surface area (Å²) in [6.45, 7) is 0.877. The van der Waals surface area contributed by atoms with Crippen molar-refractivity contribution in [2.75, 3.05) is 17.8 Å². The Morgan fingerprint density at radius 2 is 1.50 bits per heavy atom. The third kappa shape index (κ3) is 3.71. The van der Waals surface area contributed by atoms with Gasteiger partial charge in [-0.15, -0.1) is 0 Å². The van der Waals surface area contributed by atoms with Gasteiger partial charge in [0, 0.05) is 13.1 Å². The lowest BCUT2D eigenvalue weighted by molar-refractivity contribution is 0.0879. The first-order chi connectivity index (χ1) is 14.2. The van der Waals surface area contributed by atoms with Gasteiger partial charge in [-0.1, -0.05) is 12.5 Å². The van der Waals surface area contributed by atoms with E-state index in [1.54, 1.807) is 0 Å². The highest BCUT2D eigenvalue weighted by Gasteiger charge is 2.29. The van der Waals surface area contributed by atoms with E-state index >= 15 is 0 Å². The maximum Gasteiger partial charge on any atom is 0.261 e. The topological polar surface area (TPSA) is 130 Å². The molecule has 0 unspecified atom stereocenters. The van der Waals surface area contributed by atoms with Crippen LogP contribution < -0.4 is 10.0 Å². The fourth-order valence-electron chi connectivity index (χ4n) is 3.50. The summed E-state index contributed by atoms with van der Waals surface area (Å²) < 4.78 is 55.0. The van der Waals surface area contributed by atoms with Crippen molar-refractivity contribution in [1.29, 1.82) is 0 Å². The zero-order chi connectivity index (χ0) is 21.5. The summed E-state index contributed by atoms with van der Waals surface area (Å²) >= 11 is 0. The fourth-order valence-corrected chi connectivity index (χ4v) is 6.14. The highest BCUT2D eigenvalue weighted by molar-refractivity contribution is 7.92. The third-order valence-corrected chi connectivity index (χ3v) is 8.33. The highest BCUT2D eigenvalue weighted by atomic mass is 32.2. The molecule has 1 fully saturated rings. The van der Waals surface area contributed by atoms with Crippen LogP contribution in [0.4, 0.5) is 5.69 Å². The second kappa shape index (κ2) is 7.49. The Kier molecular flexibility index (Phi) is 5.12. The molecule has 30 heavy (non-hydrogen) atoms. The number of amides is 2. The number of rotatable bonds is 5. The molecule has 0 aliphatic carbocycles. The monoisotopic (exact) mass is 449 g/mol. The Morgan fingerprint density at radius 1 is 0.800 bits per heavy atom. The first-order valence-electron chi connectivity index (χ1n) is 9.31. The number of carbonyl (C=O) groups is 2. The number of carbonyl (C=O) groups excluding carboxylic acids is 2. The van der Waals surface area contributed by atoms with Crippen molar-refractivity contribution in [3.05, 3.63) is 53.6 Å². The molecule has 4 rings (SSSR count). The Hall–Kier alpha value is -2.76. The van der Waals surface area contributed by atoms with Gasteiger partial charge in [0.15, 0.2) is 0 Å². The van der Waals surface area contributed by atoms with E-state index in [1.165, 1.54) is 40.7 Å². The summed E-state index contributed by atoms with van der Waals surface area (Å²) in [6, 6.07) is 9.19. The summed E-state index contributed by atoms with van der Waals surface area (Å²) in [4.78, 5) is 23.2. The summed E-state index contributed by atoms with van der Waals surface area (Å²) in [5.41, 5.74) is 0.159. The number of piperidine rings is 1. The minimum atomic E-state index is -4.11. The van der Waals surface area contributed by atoms with Crippen LogP contribution in [0.1, 0.15) is 40.0 Å². The molecule has 158 valence electrons. The molecule has 9 nitrogen and oxygen atoms in total. The molecule has 0 aromatic heterocycles. The number of hydrogen-bond acceptors (Lipinski definition) is 6. The summed E-state index contributed by atoms with van der Waals surface area (Å²) in [6.07, 6.45) is 2.57. The van der Waals surface area contributed by atoms with Crippen LogP contribution >= 0.6 is 0 Å². The molecule has 2 aliphatic rings. The fraction of sp³-hybridized carbons (Fsp3) is 0.263. The highest BCUT2D eigenvalue weighted by Crippen LogP contribution is 2.25. The van der Waals surface area contributed by atoms with E-state index in [2.05, 4.69) is 10.0 Å². The maximum absolute atomic E-state index is 12.8. The van der Waals surface area contributed by atoms with Crippen LogP contribution in [-0.4, -0.2) is 46.0 Å². The number of hydrogen-bond donors (Lipinski definition) is 2. The van der Waals surface area contributed by atoms with Crippen LogP contribution in [-0.2, 0) is 20.0 Å². The minimum absolute atomic E-state index is 0.00327. The summed E-state index contributed by atoms with van der Waals surface area (Å²) in [5.74, 6) is -1.25. The largest absolute Gasteiger partial charge is 0.288 e. The van der Waals surface area contributed by atoms with Crippen molar-refractivity contribution in [3.8, 4) is 0 Å². The second-order valence-corrected chi connectivity index (χ2v) is 10.7. The van der Waals surface area contributed by atoms with E-state index in [4.69, 9.17) is 0 Å². The lowest BCUT2D eigenvalue weighted by atomic mass is 10.1. The smallest absolute Gasteiger partial charge is 0.261 e. The van der Waals surface area contributed by atoms with Gasteiger partial charge in [-0.25, -0.2) is 16.8 Å². The van der Waals surface area contributed by atoms with Gasteiger partial charge >= 0.3 is 0 Å². The SMILES string of the molecule is O=C1NC(=O)c2cc(S(=O)(=O)Nc3cccc(S(=O)(=O)N4CCCCC4)c3)ccc21. The molecular weight excluding hydrogens is 430 g/mol. The number of nitrogens with one attached hydrogen (secondary N) is 2. The molecule has 0 radical (unpaired) electrons. The van der Waals surface area contributed by atoms with E-state index in [0.29, 0.717) is 13.1 Å². The van der Waals surface area contributed by atoms with Gasteiger partial charge in [0.25, 0.3) is 21.8 Å². The van der Waals surface area contributed by atoms with Crippen LogP contribution in [0.15, 0.2) is 52.3 Å². The zero-order valence-corrected chi connectivity index (χ0v) is 17.4. The first-order valence-corrected chi connectivity index (χ1v) is 12.2. The number of anilines is 1. The van der Waals surface area contributed by atoms with Crippen LogP contribution in [0.5, 0.6) is 0 Å². The van der Waals surface area contributed by atoms with E-state index in [-0.39, 0.29) is 26.6 Å². The summed E-state index contributed by atoms with van der Waals surface area (Å²) in [5, 5.41) is 2.10. The van der Waals surface area contributed by atoms with Crippen molar-refractivity contribution in [3.63, 3.8) is 0 Å². The van der Waals surface area contributed by atoms with Gasteiger partial charge < -0.3 is 0 Å². The number of imide groups is 1. The molecule has 0 bridgehead atoms. The first kappa shape index (κ1) is 20.5. The molecule has 0 saturated carbocycles. The number of sulfonamides is 2. The molecule has 2 aliphatic heterocycles. The lowest BCUT2D eigenvalue weighted by Crippen LogP contribution is -2.35. The molecule has 0 spiro atoms. The molecule has 2 aromatic carbocycles. The molecule has 2 amide bonds. The predicted octanol–water partition coefficient (Wildman–Crippen LogP) is 1.55. The number of fused-ring (bicyclic) bond motifs is 1. The molecular formula is C19H19N3O6S2. The van der Waals surface area contributed by atoms with Crippen molar-refractivity contribution < 1.29 is 26.4 Å². The standard InChI is InChI=1S/C19H19N3O6S2/c23-18-16-8-7-14(12-17(16)19(24)20-18)29(25,26)21-13-5-4-6-15(11-13)30(27,28)22-9-2-1-3-10-22/h4-8,11-12,21H,1-3,9-10H2,(H,20,23,24). The Labute approximate surface area is 174 Å². The average Bonchev–Trinajstić information content (AvgIpc) is 3.02. The molecule has 2 heterocycles. The molecule has 2 N–H and O–H groups in total. The van der Waals surface area contributed by atoms with E-state index in [0.717, 1.165) is 25.3 Å². The van der Waals surface area contributed by atoms with E-state index in [1.807, 2.05) is 0 Å². The third-order valence-electron chi connectivity index (χ3n) is 5.06. The van der Waals surface area contributed by atoms with Gasteiger partial charge in [0.1, 0.15) is 0 Å². The number of benzene rings is 2. The van der Waals surface area contributed by atoms with Gasteiger partial charge in [-0.2, -0.15) is 4.31 Å². The van der Waals surface area contributed by atoms with Gasteiger partial charge in [0.05, 0.1) is 26.6 Å². The number of nitrogens with zero attached hydrogens (tertiary/aromatic N) is 1. The van der Waals surface area contributed by atoms with Crippen LogP contribution in [0.2, 0.25) is 0 Å². The van der Waals surface area contributed by atoms with Crippen LogP contribution in [0.3, 0.4) is 0 Å². The maximum atomic E-state index is 12.8. The molecule has 0 atom stereocenters. The van der Waals surface area contributed by atoms with Crippen LogP contribution in [0, 0.1) is 0 Å². The van der Waals surface area contributed by atoms with Gasteiger partial charge in [-0.05, 0) is 49.2 Å². The van der Waals surface area contributed by atoms with Crippen LogP contribution in [0.25, 0.3) is 0 Å². The Morgan fingerprint density at radius 3 is 2.23 bits per heavy atom. The van der Waals surface area contributed by atoms with Crippen molar-refractivity contribution >= 4 is 37.5 Å². The van der Waals surface area contributed by atoms with E-state index in [9.17, 15) is 26.4 Å². The predicted molar refractivity (Wildman–Crippen MR) is 108 cm³/mol. The quantitative estimate of drug-likeness (QED) is 0.666. The van der Waals surface area contributed by atoms with Crippen molar-refractivity contribution in [2.45, 2.75) is 29.1 Å². The minimum Gasteiger partial charge on any atom is -0.288 e. The molecule has 2 aromatic rings. The van der Waals surface area contributed by atoms with Crippen molar-refractivity contribution in [2.24, 2.45) is 0 Å². The molecule has 1 saturated heterocycles. The molecule has 11 heteroatoms. The Bertz CT molecular complexity index is 1250. The summed E-state index contributed by atoms with van der Waals surface area (Å²) in [7, 11) is -7.83. The van der Waals surface area contributed by atoms with Crippen molar-refractivity contribution in [1.82, 2.24) is 9.62 Å². The second-order valence-electron chi connectivity index (χ2n) is 7.09. The van der Waals surface area contributed by atoms with Gasteiger partial charge in [-0.3, -0.25) is 19.6 Å². The average molecular weight is 450 g/mol. The van der Waals surface area contributed by atoms with Gasteiger partial charge in [0.2, 0.25) is 10.0 Å². The Balaban J connectivity index is 1.62. The van der Waals surface area contributed by atoms with E-state index < -0.39 is 31.9 Å². The lowest BCUT2D eigenvalue weighted by Gasteiger charge is -2.26. The normalized spacial score (nSPS) is 17.5.